The van der Waals surface area contributed by atoms with Crippen molar-refractivity contribution in [1.29, 1.82) is 0 Å². The molecule has 0 aliphatic carbocycles. The molecule has 8 nitrogen and oxygen atoms in total. The molecule has 1 saturated heterocycles. The molecule has 0 spiro atoms. The first-order valence-electron chi connectivity index (χ1n) is 9.98. The molecule has 3 N–H and O–H groups in total. The van der Waals surface area contributed by atoms with Crippen LogP contribution >= 0.6 is 11.6 Å². The Balaban J connectivity index is 1.44. The van der Waals surface area contributed by atoms with E-state index in [1.54, 1.807) is 0 Å². The summed E-state index contributed by atoms with van der Waals surface area (Å²) in [6.07, 6.45) is 1.49. The van der Waals surface area contributed by atoms with Gasteiger partial charge in [-0.1, -0.05) is 35.9 Å². The number of carbonyl (C=O) groups is 1. The van der Waals surface area contributed by atoms with Gasteiger partial charge in [-0.3, -0.25) is 4.79 Å². The molecule has 0 unspecified atom stereocenters. The average molecular weight is 434 g/mol. The summed E-state index contributed by atoms with van der Waals surface area (Å²) in [5, 5.41) is 16.3. The Bertz CT molecular complexity index is 862. The normalized spacial score (nSPS) is 15.0. The molecule has 1 aromatic carbocycles. The maximum absolute atomic E-state index is 12.5. The van der Waals surface area contributed by atoms with Crippen LogP contribution in [-0.2, 0) is 11.2 Å². The quantitative estimate of drug-likeness (QED) is 0.522. The molecule has 1 aliphatic rings. The van der Waals surface area contributed by atoms with Crippen LogP contribution in [0.3, 0.4) is 0 Å². The van der Waals surface area contributed by atoms with Crippen molar-refractivity contribution in [3.8, 4) is 0 Å². The lowest BCUT2D eigenvalue weighted by Gasteiger charge is -2.27. The average Bonchev–Trinajstić information content (AvgIpc) is 2.69. The molecule has 9 heteroatoms. The lowest BCUT2D eigenvalue weighted by molar-refractivity contribution is 0.0209. The molecule has 0 saturated carbocycles. The van der Waals surface area contributed by atoms with E-state index in [9.17, 15) is 9.90 Å². The van der Waals surface area contributed by atoms with Gasteiger partial charge < -0.3 is 25.4 Å². The number of nitrogens with one attached hydrogen (secondary N) is 2. The van der Waals surface area contributed by atoms with Gasteiger partial charge >= 0.3 is 0 Å². The van der Waals surface area contributed by atoms with Gasteiger partial charge in [0.05, 0.1) is 25.4 Å². The van der Waals surface area contributed by atoms with Gasteiger partial charge in [0.15, 0.2) is 5.69 Å². The van der Waals surface area contributed by atoms with Crippen LogP contribution in [0.1, 0.15) is 21.6 Å². The van der Waals surface area contributed by atoms with E-state index in [4.69, 9.17) is 16.3 Å². The van der Waals surface area contributed by atoms with Gasteiger partial charge in [-0.25, -0.2) is 9.97 Å². The van der Waals surface area contributed by atoms with Gasteiger partial charge in [-0.2, -0.15) is 0 Å². The molecule has 1 aromatic heterocycles. The fourth-order valence-corrected chi connectivity index (χ4v) is 3.39. The SMILES string of the molecule is Cc1ccccc1CCN(C)C[C@@H](O)CNC(=O)c1ncnc(NC2COC2)c1Cl. The zero-order chi connectivity index (χ0) is 21.5. The number of aliphatic hydroxyl groups excluding tert-OH is 1. The highest BCUT2D eigenvalue weighted by atomic mass is 35.5. The van der Waals surface area contributed by atoms with Crippen LogP contribution in [-0.4, -0.2) is 77.9 Å². The minimum atomic E-state index is -0.707. The van der Waals surface area contributed by atoms with Gasteiger partial charge in [-0.05, 0) is 31.5 Å². The third-order valence-electron chi connectivity index (χ3n) is 5.03. The van der Waals surface area contributed by atoms with E-state index in [1.165, 1.54) is 17.5 Å². The van der Waals surface area contributed by atoms with Crippen LogP contribution in [0.4, 0.5) is 5.82 Å². The second-order valence-electron chi connectivity index (χ2n) is 7.57. The van der Waals surface area contributed by atoms with E-state index in [-0.39, 0.29) is 23.3 Å². The van der Waals surface area contributed by atoms with Crippen molar-refractivity contribution in [2.45, 2.75) is 25.5 Å². The highest BCUT2D eigenvalue weighted by molar-refractivity contribution is 6.35. The summed E-state index contributed by atoms with van der Waals surface area (Å²) in [5.74, 6) is -0.0430. The van der Waals surface area contributed by atoms with E-state index >= 15 is 0 Å². The van der Waals surface area contributed by atoms with E-state index in [0.29, 0.717) is 25.6 Å². The Morgan fingerprint density at radius 3 is 2.83 bits per heavy atom. The van der Waals surface area contributed by atoms with Crippen molar-refractivity contribution in [3.63, 3.8) is 0 Å². The van der Waals surface area contributed by atoms with E-state index in [0.717, 1.165) is 13.0 Å². The van der Waals surface area contributed by atoms with Gasteiger partial charge in [0.2, 0.25) is 0 Å². The van der Waals surface area contributed by atoms with Crippen molar-refractivity contribution < 1.29 is 14.6 Å². The summed E-state index contributed by atoms with van der Waals surface area (Å²) in [5.41, 5.74) is 2.64. The Morgan fingerprint density at radius 1 is 1.37 bits per heavy atom. The summed E-state index contributed by atoms with van der Waals surface area (Å²) in [7, 11) is 1.95. The fourth-order valence-electron chi connectivity index (χ4n) is 3.15. The number of aromatic nitrogens is 2. The number of ether oxygens (including phenoxy) is 1. The van der Waals surface area contributed by atoms with E-state index in [1.807, 2.05) is 24.1 Å². The minimum Gasteiger partial charge on any atom is -0.390 e. The number of likely N-dealkylation sites (N-methyl/N-ethyl adjacent to an activating group) is 1. The second-order valence-corrected chi connectivity index (χ2v) is 7.94. The molecule has 0 bridgehead atoms. The standard InChI is InChI=1S/C21H28ClN5O3/c1-14-5-3-4-6-15(14)7-8-27(2)10-17(28)9-23-21(29)19-18(22)20(25-13-24-19)26-16-11-30-12-16/h3-6,13,16-17,28H,7-12H2,1-2H3,(H,23,29)(H,24,25,26)/t17-/m0/s1. The molecule has 3 rings (SSSR count). The van der Waals surface area contributed by atoms with Crippen LogP contribution in [0.5, 0.6) is 0 Å². The molecule has 0 radical (unpaired) electrons. The number of rotatable bonds is 10. The Morgan fingerprint density at radius 2 is 2.13 bits per heavy atom. The smallest absolute Gasteiger partial charge is 0.271 e. The molecule has 1 atom stereocenters. The lowest BCUT2D eigenvalue weighted by atomic mass is 10.1. The van der Waals surface area contributed by atoms with Crippen LogP contribution < -0.4 is 10.6 Å². The van der Waals surface area contributed by atoms with Crippen molar-refractivity contribution in [3.05, 3.63) is 52.4 Å². The fraction of sp³-hybridized carbons (Fsp3) is 0.476. The molecular weight excluding hydrogens is 406 g/mol. The van der Waals surface area contributed by atoms with Crippen LogP contribution in [0.25, 0.3) is 0 Å². The van der Waals surface area contributed by atoms with Crippen LogP contribution in [0.15, 0.2) is 30.6 Å². The van der Waals surface area contributed by atoms with E-state index < -0.39 is 12.0 Å². The number of anilines is 1. The Labute approximate surface area is 181 Å². The van der Waals surface area contributed by atoms with Gasteiger partial charge in [0, 0.05) is 19.6 Å². The minimum absolute atomic E-state index is 0.0783. The third-order valence-corrected chi connectivity index (χ3v) is 5.39. The molecular formula is C21H28ClN5O3. The number of aryl methyl sites for hydroxylation is 1. The molecule has 1 fully saturated rings. The monoisotopic (exact) mass is 433 g/mol. The van der Waals surface area contributed by atoms with Gasteiger partial charge in [0.25, 0.3) is 5.91 Å². The van der Waals surface area contributed by atoms with Crippen LogP contribution in [0, 0.1) is 6.92 Å². The first-order valence-corrected chi connectivity index (χ1v) is 10.4. The molecule has 2 heterocycles. The van der Waals surface area contributed by atoms with Crippen molar-refractivity contribution >= 4 is 23.3 Å². The van der Waals surface area contributed by atoms with Crippen molar-refractivity contribution in [2.24, 2.45) is 0 Å². The van der Waals surface area contributed by atoms with Gasteiger partial charge in [0.1, 0.15) is 17.2 Å². The Kier molecular flexibility index (Phi) is 7.98. The lowest BCUT2D eigenvalue weighted by Crippen LogP contribution is -2.41. The molecule has 30 heavy (non-hydrogen) atoms. The summed E-state index contributed by atoms with van der Waals surface area (Å²) in [6, 6.07) is 8.40. The summed E-state index contributed by atoms with van der Waals surface area (Å²) in [4.78, 5) is 22.6. The topological polar surface area (TPSA) is 99.6 Å². The zero-order valence-corrected chi connectivity index (χ0v) is 18.0. The molecule has 1 aliphatic heterocycles. The van der Waals surface area contributed by atoms with E-state index in [2.05, 4.69) is 39.7 Å². The number of halogens is 1. The third kappa shape index (κ3) is 6.12. The largest absolute Gasteiger partial charge is 0.390 e. The number of hydrogen-bond donors (Lipinski definition) is 3. The maximum atomic E-state index is 12.5. The zero-order valence-electron chi connectivity index (χ0n) is 17.3. The highest BCUT2D eigenvalue weighted by Gasteiger charge is 2.23. The first-order chi connectivity index (χ1) is 14.4. The number of carbonyl (C=O) groups excluding carboxylic acids is 1. The first kappa shape index (κ1) is 22.4. The van der Waals surface area contributed by atoms with Crippen LogP contribution in [0.2, 0.25) is 5.02 Å². The number of nitrogens with zero attached hydrogens (tertiary/aromatic N) is 3. The summed E-state index contributed by atoms with van der Waals surface area (Å²) < 4.78 is 5.11. The number of aliphatic hydroxyl groups is 1. The van der Waals surface area contributed by atoms with Crippen molar-refractivity contribution in [2.75, 3.05) is 45.2 Å². The number of hydrogen-bond acceptors (Lipinski definition) is 7. The van der Waals surface area contributed by atoms with Crippen molar-refractivity contribution in [1.82, 2.24) is 20.2 Å². The maximum Gasteiger partial charge on any atom is 0.271 e. The molecule has 162 valence electrons. The molecule has 1 amide bonds. The van der Waals surface area contributed by atoms with Gasteiger partial charge in [-0.15, -0.1) is 0 Å². The molecule has 2 aromatic rings. The second kappa shape index (κ2) is 10.7. The Hall–Kier alpha value is -2.26. The highest BCUT2D eigenvalue weighted by Crippen LogP contribution is 2.23. The number of benzene rings is 1. The predicted octanol–water partition coefficient (Wildman–Crippen LogP) is 1.51. The summed E-state index contributed by atoms with van der Waals surface area (Å²) in [6.45, 7) is 4.61. The number of amides is 1. The predicted molar refractivity (Wildman–Crippen MR) is 116 cm³/mol. The summed E-state index contributed by atoms with van der Waals surface area (Å²) >= 11 is 6.28.